The van der Waals surface area contributed by atoms with Crippen LogP contribution in [0, 0.1) is 13.8 Å². The van der Waals surface area contributed by atoms with Gasteiger partial charge in [0, 0.05) is 16.6 Å². The Labute approximate surface area is 139 Å². The number of nitrogens with two attached hydrogens (primary N) is 1. The van der Waals surface area contributed by atoms with Gasteiger partial charge in [-0.25, -0.2) is 0 Å². The van der Waals surface area contributed by atoms with Crippen LogP contribution in [0.25, 0.3) is 0 Å². The molecule has 0 saturated heterocycles. The predicted molar refractivity (Wildman–Crippen MR) is 92.8 cm³/mol. The molecule has 5 heteroatoms. The monoisotopic (exact) mass is 328 g/mol. The molecule has 0 fully saturated rings. The van der Waals surface area contributed by atoms with Crippen molar-refractivity contribution in [2.75, 3.05) is 27.2 Å². The summed E-state index contributed by atoms with van der Waals surface area (Å²) in [5.41, 5.74) is 8.69. The molecular weight excluding hydrogens is 300 g/mol. The zero-order valence-electron chi connectivity index (χ0n) is 14.3. The van der Waals surface area contributed by atoms with E-state index in [4.69, 9.17) is 22.1 Å². The fourth-order valence-corrected chi connectivity index (χ4v) is 2.57. The first-order chi connectivity index (χ1) is 10.3. The van der Waals surface area contributed by atoms with Crippen molar-refractivity contribution < 1.29 is 9.84 Å². The summed E-state index contributed by atoms with van der Waals surface area (Å²) in [5, 5.41) is 11.4. The Hall–Kier alpha value is -0.810. The SMILES string of the molecule is CCCOc1cc(C)c(Cl)c(C)c1C(O)C(N)CCN(C)C. The molecule has 0 bridgehead atoms. The first-order valence-corrected chi connectivity index (χ1v) is 8.18. The Bertz CT molecular complexity index is 492. The van der Waals surface area contributed by atoms with E-state index < -0.39 is 6.10 Å². The average Bonchev–Trinajstić information content (AvgIpc) is 2.47. The smallest absolute Gasteiger partial charge is 0.125 e. The number of hydrogen-bond acceptors (Lipinski definition) is 4. The maximum atomic E-state index is 10.7. The number of aryl methyl sites for hydroxylation is 1. The number of aliphatic hydroxyl groups is 1. The van der Waals surface area contributed by atoms with Crippen molar-refractivity contribution in [2.24, 2.45) is 5.73 Å². The van der Waals surface area contributed by atoms with Gasteiger partial charge >= 0.3 is 0 Å². The summed E-state index contributed by atoms with van der Waals surface area (Å²) in [6.45, 7) is 7.32. The molecule has 2 unspecified atom stereocenters. The Morgan fingerprint density at radius 3 is 2.55 bits per heavy atom. The number of benzene rings is 1. The molecule has 0 aliphatic rings. The van der Waals surface area contributed by atoms with Gasteiger partial charge in [-0.05, 0) is 64.5 Å². The third-order valence-electron chi connectivity index (χ3n) is 3.77. The first-order valence-electron chi connectivity index (χ1n) is 7.80. The minimum Gasteiger partial charge on any atom is -0.493 e. The molecule has 0 radical (unpaired) electrons. The minimum absolute atomic E-state index is 0.358. The van der Waals surface area contributed by atoms with Crippen LogP contribution in [-0.2, 0) is 0 Å². The number of ether oxygens (including phenoxy) is 1. The van der Waals surface area contributed by atoms with Gasteiger partial charge in [0.25, 0.3) is 0 Å². The van der Waals surface area contributed by atoms with Crippen molar-refractivity contribution in [1.82, 2.24) is 4.90 Å². The first kappa shape index (κ1) is 19.2. The highest BCUT2D eigenvalue weighted by molar-refractivity contribution is 6.32. The highest BCUT2D eigenvalue weighted by Gasteiger charge is 2.25. The quantitative estimate of drug-likeness (QED) is 0.770. The van der Waals surface area contributed by atoms with E-state index in [0.29, 0.717) is 23.8 Å². The van der Waals surface area contributed by atoms with E-state index in [1.54, 1.807) is 0 Å². The van der Waals surface area contributed by atoms with Gasteiger partial charge in [0.05, 0.1) is 12.7 Å². The Balaban J connectivity index is 3.10. The van der Waals surface area contributed by atoms with Crippen molar-refractivity contribution in [3.63, 3.8) is 0 Å². The number of nitrogens with zero attached hydrogens (tertiary/aromatic N) is 1. The van der Waals surface area contributed by atoms with Gasteiger partial charge in [0.1, 0.15) is 5.75 Å². The van der Waals surface area contributed by atoms with Gasteiger partial charge in [-0.2, -0.15) is 0 Å². The summed E-state index contributed by atoms with van der Waals surface area (Å²) in [7, 11) is 3.98. The second-order valence-corrected chi connectivity index (χ2v) is 6.47. The lowest BCUT2D eigenvalue weighted by molar-refractivity contribution is 0.132. The van der Waals surface area contributed by atoms with Crippen molar-refractivity contribution in [3.05, 3.63) is 27.8 Å². The van der Waals surface area contributed by atoms with Gasteiger partial charge in [0.15, 0.2) is 0 Å². The summed E-state index contributed by atoms with van der Waals surface area (Å²) >= 11 is 6.35. The molecule has 0 heterocycles. The molecule has 0 saturated carbocycles. The molecule has 22 heavy (non-hydrogen) atoms. The zero-order chi connectivity index (χ0) is 16.9. The van der Waals surface area contributed by atoms with Gasteiger partial charge in [-0.15, -0.1) is 0 Å². The maximum Gasteiger partial charge on any atom is 0.125 e. The molecule has 1 aromatic carbocycles. The topological polar surface area (TPSA) is 58.7 Å². The molecule has 126 valence electrons. The number of aliphatic hydroxyl groups excluding tert-OH is 1. The number of halogens is 1. The number of rotatable bonds is 8. The van der Waals surface area contributed by atoms with Crippen LogP contribution in [0.15, 0.2) is 6.07 Å². The molecule has 0 spiro atoms. The summed E-state index contributed by atoms with van der Waals surface area (Å²) in [6, 6.07) is 1.53. The molecule has 0 aromatic heterocycles. The fourth-order valence-electron chi connectivity index (χ4n) is 2.41. The van der Waals surface area contributed by atoms with Crippen LogP contribution in [0.3, 0.4) is 0 Å². The van der Waals surface area contributed by atoms with E-state index in [2.05, 4.69) is 11.8 Å². The molecule has 0 aliphatic carbocycles. The van der Waals surface area contributed by atoms with Crippen molar-refractivity contribution in [1.29, 1.82) is 0 Å². The van der Waals surface area contributed by atoms with Gasteiger partial charge < -0.3 is 20.5 Å². The van der Waals surface area contributed by atoms with Crippen LogP contribution in [0.1, 0.15) is 42.6 Å². The summed E-state index contributed by atoms with van der Waals surface area (Å²) < 4.78 is 5.82. The van der Waals surface area contributed by atoms with Crippen molar-refractivity contribution in [2.45, 2.75) is 45.8 Å². The van der Waals surface area contributed by atoms with E-state index in [-0.39, 0.29) is 6.04 Å². The second kappa shape index (κ2) is 8.73. The van der Waals surface area contributed by atoms with Crippen LogP contribution in [0.2, 0.25) is 5.02 Å². The molecule has 1 aromatic rings. The minimum atomic E-state index is -0.787. The summed E-state index contributed by atoms with van der Waals surface area (Å²) in [4.78, 5) is 2.05. The van der Waals surface area contributed by atoms with E-state index in [1.807, 2.05) is 34.0 Å². The molecule has 0 amide bonds. The normalized spacial score (nSPS) is 14.2. The third kappa shape index (κ3) is 4.85. The van der Waals surface area contributed by atoms with Crippen LogP contribution in [0.5, 0.6) is 5.75 Å². The standard InChI is InChI=1S/C17H29ClN2O2/c1-6-9-22-14-10-11(2)16(18)12(3)15(14)17(21)13(19)7-8-20(4)5/h10,13,17,21H,6-9,19H2,1-5H3. The highest BCUT2D eigenvalue weighted by atomic mass is 35.5. The lowest BCUT2D eigenvalue weighted by atomic mass is 9.94. The zero-order valence-corrected chi connectivity index (χ0v) is 15.1. The molecule has 2 atom stereocenters. The van der Waals surface area contributed by atoms with Crippen molar-refractivity contribution in [3.8, 4) is 5.75 Å². The van der Waals surface area contributed by atoms with Crippen molar-refractivity contribution >= 4 is 11.6 Å². The largest absolute Gasteiger partial charge is 0.493 e. The van der Waals surface area contributed by atoms with E-state index >= 15 is 0 Å². The predicted octanol–water partition coefficient (Wildman–Crippen LogP) is 3.06. The molecule has 4 nitrogen and oxygen atoms in total. The fraction of sp³-hybridized carbons (Fsp3) is 0.647. The average molecular weight is 329 g/mol. The van der Waals surface area contributed by atoms with E-state index in [1.165, 1.54) is 0 Å². The Morgan fingerprint density at radius 1 is 1.36 bits per heavy atom. The summed E-state index contributed by atoms with van der Waals surface area (Å²) in [6.07, 6.45) is 0.819. The van der Waals surface area contributed by atoms with Crippen LogP contribution in [-0.4, -0.2) is 43.3 Å². The second-order valence-electron chi connectivity index (χ2n) is 6.09. The van der Waals surface area contributed by atoms with E-state index in [9.17, 15) is 5.11 Å². The lowest BCUT2D eigenvalue weighted by Crippen LogP contribution is -2.32. The van der Waals surface area contributed by atoms with Crippen LogP contribution >= 0.6 is 11.6 Å². The molecular formula is C17H29ClN2O2. The Kier molecular flexibility index (Phi) is 7.63. The maximum absolute atomic E-state index is 10.7. The lowest BCUT2D eigenvalue weighted by Gasteiger charge is -2.25. The summed E-state index contributed by atoms with van der Waals surface area (Å²) in [5.74, 6) is 0.689. The molecule has 0 aliphatic heterocycles. The third-order valence-corrected chi connectivity index (χ3v) is 4.35. The van der Waals surface area contributed by atoms with Gasteiger partial charge in [-0.3, -0.25) is 0 Å². The van der Waals surface area contributed by atoms with E-state index in [0.717, 1.165) is 29.7 Å². The molecule has 3 N–H and O–H groups in total. The Morgan fingerprint density at radius 2 is 2.00 bits per heavy atom. The molecule has 1 rings (SSSR count). The van der Waals surface area contributed by atoms with Crippen LogP contribution in [0.4, 0.5) is 0 Å². The highest BCUT2D eigenvalue weighted by Crippen LogP contribution is 2.37. The van der Waals surface area contributed by atoms with Gasteiger partial charge in [-0.1, -0.05) is 18.5 Å². The number of hydrogen-bond donors (Lipinski definition) is 2. The van der Waals surface area contributed by atoms with Gasteiger partial charge in [0.2, 0.25) is 0 Å². The van der Waals surface area contributed by atoms with Crippen LogP contribution < -0.4 is 10.5 Å².